The van der Waals surface area contributed by atoms with Gasteiger partial charge in [0, 0.05) is 24.0 Å². The summed E-state index contributed by atoms with van der Waals surface area (Å²) in [5, 5.41) is 14.5. The van der Waals surface area contributed by atoms with Crippen LogP contribution in [-0.4, -0.2) is 15.1 Å². The minimum absolute atomic E-state index is 0.0344. The normalized spacial score (nSPS) is 10.6. The Morgan fingerprint density at radius 2 is 2.20 bits per heavy atom. The monoisotopic (exact) mass is 288 g/mol. The quantitative estimate of drug-likeness (QED) is 0.586. The van der Waals surface area contributed by atoms with Gasteiger partial charge in [-0.15, -0.1) is 0 Å². The number of anilines is 1. The second-order valence-corrected chi connectivity index (χ2v) is 4.97. The van der Waals surface area contributed by atoms with E-state index in [0.29, 0.717) is 16.2 Å². The molecule has 3 rings (SSSR count). The molecular formula is C12H8N4O3S. The number of hydrogen-bond donors (Lipinski definition) is 1. The maximum atomic E-state index is 10.7. The lowest BCUT2D eigenvalue weighted by molar-refractivity contribution is -0.380. The molecule has 0 unspecified atom stereocenters. The summed E-state index contributed by atoms with van der Waals surface area (Å²) < 4.78 is 5.21. The molecule has 0 aliphatic rings. The van der Waals surface area contributed by atoms with Gasteiger partial charge in [0.1, 0.15) is 0 Å². The van der Waals surface area contributed by atoms with Gasteiger partial charge in [0.05, 0.1) is 15.4 Å². The molecular weight excluding hydrogens is 280 g/mol. The summed E-state index contributed by atoms with van der Waals surface area (Å²) in [5.74, 6) is 0.637. The Morgan fingerprint density at radius 3 is 2.85 bits per heavy atom. The predicted molar refractivity (Wildman–Crippen MR) is 74.1 cm³/mol. The van der Waals surface area contributed by atoms with Crippen LogP contribution in [0.25, 0.3) is 21.8 Å². The molecule has 0 bridgehead atoms. The van der Waals surface area contributed by atoms with Crippen LogP contribution in [-0.2, 0) is 0 Å². The van der Waals surface area contributed by atoms with Crippen LogP contribution in [0.2, 0.25) is 0 Å². The number of nitrogen functional groups attached to an aromatic ring is 1. The third-order valence-corrected chi connectivity index (χ3v) is 3.70. The van der Waals surface area contributed by atoms with Crippen molar-refractivity contribution in [2.75, 3.05) is 5.73 Å². The molecule has 0 aliphatic carbocycles. The van der Waals surface area contributed by atoms with Crippen molar-refractivity contribution in [1.82, 2.24) is 10.1 Å². The predicted octanol–water partition coefficient (Wildman–Crippen LogP) is 2.96. The topological polar surface area (TPSA) is 108 Å². The Labute approximate surface area is 116 Å². The van der Waals surface area contributed by atoms with E-state index in [2.05, 4.69) is 10.1 Å². The number of nitrogens with zero attached hydrogens (tertiary/aromatic N) is 3. The molecule has 0 saturated carbocycles. The Morgan fingerprint density at radius 1 is 1.35 bits per heavy atom. The van der Waals surface area contributed by atoms with Crippen molar-refractivity contribution in [3.8, 4) is 21.8 Å². The molecule has 3 heterocycles. The Hall–Kier alpha value is -2.74. The molecule has 2 N–H and O–H groups in total. The zero-order valence-electron chi connectivity index (χ0n) is 10.0. The first kappa shape index (κ1) is 12.3. The van der Waals surface area contributed by atoms with Gasteiger partial charge in [-0.1, -0.05) is 22.6 Å². The fraction of sp³-hybridized carbons (Fsp3) is 0. The first-order chi connectivity index (χ1) is 9.66. The van der Waals surface area contributed by atoms with Crippen molar-refractivity contribution < 1.29 is 9.45 Å². The van der Waals surface area contributed by atoms with Crippen LogP contribution >= 0.6 is 11.3 Å². The van der Waals surface area contributed by atoms with Gasteiger partial charge in [-0.05, 0) is 12.1 Å². The summed E-state index contributed by atoms with van der Waals surface area (Å²) >= 11 is 1.01. The summed E-state index contributed by atoms with van der Waals surface area (Å²) in [6.07, 6.45) is 3.28. The summed E-state index contributed by atoms with van der Waals surface area (Å²) in [6.45, 7) is 0. The van der Waals surface area contributed by atoms with Gasteiger partial charge in [0.15, 0.2) is 11.6 Å². The molecule has 0 radical (unpaired) electrons. The fourth-order valence-electron chi connectivity index (χ4n) is 1.81. The maximum absolute atomic E-state index is 10.7. The third-order valence-electron chi connectivity index (χ3n) is 2.66. The molecule has 0 atom stereocenters. The average molecular weight is 288 g/mol. The number of aromatic nitrogens is 2. The zero-order chi connectivity index (χ0) is 14.1. The highest BCUT2D eigenvalue weighted by Crippen LogP contribution is 2.40. The number of nitro groups is 1. The SMILES string of the molecule is Nc1noc(-c2ccc([N+](=O)[O-])s2)c1-c1cccnc1. The van der Waals surface area contributed by atoms with Crippen molar-refractivity contribution >= 4 is 22.2 Å². The number of rotatable bonds is 3. The van der Waals surface area contributed by atoms with Crippen molar-refractivity contribution in [1.29, 1.82) is 0 Å². The van der Waals surface area contributed by atoms with Crippen molar-refractivity contribution in [3.05, 3.63) is 46.8 Å². The Bertz CT molecular complexity index is 766. The molecule has 0 aliphatic heterocycles. The van der Waals surface area contributed by atoms with Gasteiger partial charge in [0.25, 0.3) is 0 Å². The minimum Gasteiger partial charge on any atom is -0.380 e. The second-order valence-electron chi connectivity index (χ2n) is 3.91. The van der Waals surface area contributed by atoms with Crippen LogP contribution in [0.5, 0.6) is 0 Å². The highest BCUT2D eigenvalue weighted by molar-refractivity contribution is 7.18. The highest BCUT2D eigenvalue weighted by Gasteiger charge is 2.21. The summed E-state index contributed by atoms with van der Waals surface area (Å²) in [7, 11) is 0. The molecule has 7 nitrogen and oxygen atoms in total. The van der Waals surface area contributed by atoms with E-state index in [9.17, 15) is 10.1 Å². The summed E-state index contributed by atoms with van der Waals surface area (Å²) in [6, 6.07) is 6.62. The van der Waals surface area contributed by atoms with Gasteiger partial charge < -0.3 is 10.3 Å². The fourth-order valence-corrected chi connectivity index (χ4v) is 2.61. The molecule has 0 fully saturated rings. The van der Waals surface area contributed by atoms with Crippen molar-refractivity contribution in [2.45, 2.75) is 0 Å². The van der Waals surface area contributed by atoms with Crippen LogP contribution in [0, 0.1) is 10.1 Å². The summed E-state index contributed by atoms with van der Waals surface area (Å²) in [5.41, 5.74) is 7.16. The van der Waals surface area contributed by atoms with Crippen LogP contribution in [0.3, 0.4) is 0 Å². The van der Waals surface area contributed by atoms with E-state index >= 15 is 0 Å². The van der Waals surface area contributed by atoms with E-state index < -0.39 is 4.92 Å². The van der Waals surface area contributed by atoms with Crippen LogP contribution in [0.4, 0.5) is 10.8 Å². The van der Waals surface area contributed by atoms with Crippen LogP contribution in [0.15, 0.2) is 41.2 Å². The second kappa shape index (κ2) is 4.74. The lowest BCUT2D eigenvalue weighted by Gasteiger charge is -1.99. The van der Waals surface area contributed by atoms with Gasteiger partial charge in [-0.25, -0.2) is 0 Å². The van der Waals surface area contributed by atoms with E-state index in [-0.39, 0.29) is 10.8 Å². The van der Waals surface area contributed by atoms with E-state index in [1.54, 1.807) is 24.5 Å². The third kappa shape index (κ3) is 2.01. The van der Waals surface area contributed by atoms with Crippen LogP contribution in [0.1, 0.15) is 0 Å². The zero-order valence-corrected chi connectivity index (χ0v) is 10.8. The lowest BCUT2D eigenvalue weighted by atomic mass is 10.1. The molecule has 8 heteroatoms. The lowest BCUT2D eigenvalue weighted by Crippen LogP contribution is -1.88. The molecule has 100 valence electrons. The van der Waals surface area contributed by atoms with Gasteiger partial charge >= 0.3 is 5.00 Å². The number of hydrogen-bond acceptors (Lipinski definition) is 7. The van der Waals surface area contributed by atoms with Gasteiger partial charge in [-0.2, -0.15) is 0 Å². The Balaban J connectivity index is 2.13. The molecule has 0 aromatic carbocycles. The molecule has 3 aromatic heterocycles. The summed E-state index contributed by atoms with van der Waals surface area (Å²) in [4.78, 5) is 14.9. The molecule has 0 amide bonds. The number of nitrogens with two attached hydrogens (primary N) is 1. The number of pyridine rings is 1. The van der Waals surface area contributed by atoms with E-state index in [4.69, 9.17) is 10.3 Å². The minimum atomic E-state index is -0.447. The molecule has 0 saturated heterocycles. The van der Waals surface area contributed by atoms with Gasteiger partial charge in [0.2, 0.25) is 0 Å². The maximum Gasteiger partial charge on any atom is 0.324 e. The average Bonchev–Trinajstić information content (AvgIpc) is 3.06. The van der Waals surface area contributed by atoms with E-state index in [1.165, 1.54) is 6.07 Å². The van der Waals surface area contributed by atoms with Gasteiger partial charge in [-0.3, -0.25) is 15.1 Å². The highest BCUT2D eigenvalue weighted by atomic mass is 32.1. The molecule has 0 spiro atoms. The standard InChI is InChI=1S/C12H8N4O3S/c13-12-10(7-2-1-5-14-6-7)11(19-15-12)8-3-4-9(20-8)16(17)18/h1-6H,(H2,13,15). The molecule has 3 aromatic rings. The van der Waals surface area contributed by atoms with Crippen molar-refractivity contribution in [3.63, 3.8) is 0 Å². The van der Waals surface area contributed by atoms with Crippen molar-refractivity contribution in [2.24, 2.45) is 0 Å². The molecule has 20 heavy (non-hydrogen) atoms. The van der Waals surface area contributed by atoms with E-state index in [1.807, 2.05) is 6.07 Å². The first-order valence-electron chi connectivity index (χ1n) is 5.57. The van der Waals surface area contributed by atoms with E-state index in [0.717, 1.165) is 16.9 Å². The number of thiophene rings is 1. The smallest absolute Gasteiger partial charge is 0.324 e. The van der Waals surface area contributed by atoms with Crippen LogP contribution < -0.4 is 5.73 Å². The largest absolute Gasteiger partial charge is 0.380 e. The first-order valence-corrected chi connectivity index (χ1v) is 6.38. The Kier molecular flexibility index (Phi) is 2.92.